The van der Waals surface area contributed by atoms with Gasteiger partial charge in [0.2, 0.25) is 5.91 Å². The molecule has 0 saturated heterocycles. The molecule has 3 aromatic rings. The largest absolute Gasteiger partial charge is 0.368 e. The van der Waals surface area contributed by atoms with E-state index in [-0.39, 0.29) is 31.6 Å². The summed E-state index contributed by atoms with van der Waals surface area (Å²) in [6.07, 6.45) is 0. The zero-order valence-electron chi connectivity index (χ0n) is 18.7. The van der Waals surface area contributed by atoms with Crippen LogP contribution in [-0.2, 0) is 11.3 Å². The summed E-state index contributed by atoms with van der Waals surface area (Å²) in [5.74, 6) is -0.870. The molecule has 34 heavy (non-hydrogen) atoms. The number of carbonyl (C=O) groups is 3. The molecule has 0 aliphatic carbocycles. The van der Waals surface area contributed by atoms with Gasteiger partial charge < -0.3 is 20.9 Å². The van der Waals surface area contributed by atoms with E-state index in [4.69, 9.17) is 17.3 Å². The highest BCUT2D eigenvalue weighted by Crippen LogP contribution is 2.31. The predicted molar refractivity (Wildman–Crippen MR) is 133 cm³/mol. The molecule has 3 N–H and O–H groups in total. The van der Waals surface area contributed by atoms with E-state index >= 15 is 0 Å². The Bertz CT molecular complexity index is 1230. The Kier molecular flexibility index (Phi) is 6.84. The van der Waals surface area contributed by atoms with E-state index in [9.17, 15) is 14.4 Å². The smallest absolute Gasteiger partial charge is 0.318 e. The van der Waals surface area contributed by atoms with Crippen LogP contribution in [0.1, 0.15) is 22.8 Å². The Labute approximate surface area is 203 Å². The number of hydrogen-bond donors (Lipinski definition) is 2. The summed E-state index contributed by atoms with van der Waals surface area (Å²) < 4.78 is 0. The second kappa shape index (κ2) is 9.97. The SMILES string of the molecule is C[C@@H]1CN(C(=O)c2ccc(-c3ccccc3)cc2Cl)c2ccccc2CN1C(=O)NCC(N)=O. The lowest BCUT2D eigenvalue weighted by Gasteiger charge is -2.29. The molecule has 0 saturated carbocycles. The minimum Gasteiger partial charge on any atom is -0.368 e. The molecule has 1 atom stereocenters. The first-order chi connectivity index (χ1) is 16.3. The molecule has 0 radical (unpaired) electrons. The number of benzene rings is 3. The molecular formula is C26H25ClN4O3. The third-order valence-electron chi connectivity index (χ3n) is 5.83. The van der Waals surface area contributed by atoms with Crippen LogP contribution in [0.4, 0.5) is 10.5 Å². The molecule has 0 aromatic heterocycles. The van der Waals surface area contributed by atoms with Crippen LogP contribution in [0, 0.1) is 0 Å². The van der Waals surface area contributed by atoms with Crippen LogP contribution in [-0.4, -0.2) is 41.9 Å². The van der Waals surface area contributed by atoms with E-state index in [1.807, 2.05) is 67.6 Å². The maximum Gasteiger partial charge on any atom is 0.318 e. The van der Waals surface area contributed by atoms with E-state index in [1.165, 1.54) is 0 Å². The monoisotopic (exact) mass is 476 g/mol. The Morgan fingerprint density at radius 3 is 2.41 bits per heavy atom. The Balaban J connectivity index is 1.64. The average molecular weight is 477 g/mol. The van der Waals surface area contributed by atoms with Gasteiger partial charge in [-0.25, -0.2) is 4.79 Å². The van der Waals surface area contributed by atoms with Crippen LogP contribution in [0.5, 0.6) is 0 Å². The van der Waals surface area contributed by atoms with Gasteiger partial charge in [-0.3, -0.25) is 9.59 Å². The van der Waals surface area contributed by atoms with E-state index in [0.717, 1.165) is 16.7 Å². The van der Waals surface area contributed by atoms with Gasteiger partial charge in [0.25, 0.3) is 5.91 Å². The topological polar surface area (TPSA) is 95.7 Å². The Morgan fingerprint density at radius 2 is 1.71 bits per heavy atom. The summed E-state index contributed by atoms with van der Waals surface area (Å²) in [6.45, 7) is 2.15. The van der Waals surface area contributed by atoms with Crippen LogP contribution in [0.3, 0.4) is 0 Å². The van der Waals surface area contributed by atoms with E-state index in [1.54, 1.807) is 21.9 Å². The number of hydrogen-bond acceptors (Lipinski definition) is 3. The number of rotatable bonds is 4. The van der Waals surface area contributed by atoms with Gasteiger partial charge in [0.1, 0.15) is 0 Å². The van der Waals surface area contributed by atoms with Gasteiger partial charge in [-0.1, -0.05) is 66.2 Å². The molecule has 0 unspecified atom stereocenters. The van der Waals surface area contributed by atoms with Crippen molar-refractivity contribution in [1.82, 2.24) is 10.2 Å². The number of anilines is 1. The summed E-state index contributed by atoms with van der Waals surface area (Å²) in [6, 6.07) is 21.9. The van der Waals surface area contributed by atoms with Crippen molar-refractivity contribution in [1.29, 1.82) is 0 Å². The van der Waals surface area contributed by atoms with Gasteiger partial charge in [0.15, 0.2) is 0 Å². The van der Waals surface area contributed by atoms with Crippen molar-refractivity contribution in [2.24, 2.45) is 5.73 Å². The zero-order chi connectivity index (χ0) is 24.2. The van der Waals surface area contributed by atoms with Crippen LogP contribution < -0.4 is 16.0 Å². The Morgan fingerprint density at radius 1 is 1.00 bits per heavy atom. The summed E-state index contributed by atoms with van der Waals surface area (Å²) in [7, 11) is 0. The van der Waals surface area contributed by atoms with Crippen molar-refractivity contribution in [3.8, 4) is 11.1 Å². The standard InChI is InChI=1S/C26H25ClN4O3/c1-17-15-31(23-10-6-5-9-20(23)16-30(17)26(34)29-14-24(28)32)25(33)21-12-11-19(13-22(21)27)18-7-3-2-4-8-18/h2-13,17H,14-16H2,1H3,(H2,28,32)(H,29,34)/t17-/m1/s1. The number of para-hydroxylation sites is 1. The lowest BCUT2D eigenvalue weighted by Crippen LogP contribution is -2.49. The van der Waals surface area contributed by atoms with Crippen molar-refractivity contribution in [2.45, 2.75) is 19.5 Å². The van der Waals surface area contributed by atoms with Crippen molar-refractivity contribution in [3.63, 3.8) is 0 Å². The molecule has 0 spiro atoms. The molecule has 7 nitrogen and oxygen atoms in total. The quantitative estimate of drug-likeness (QED) is 0.594. The summed E-state index contributed by atoms with van der Waals surface area (Å²) >= 11 is 6.58. The summed E-state index contributed by atoms with van der Waals surface area (Å²) in [4.78, 5) is 40.8. The van der Waals surface area contributed by atoms with E-state index in [2.05, 4.69) is 5.32 Å². The number of primary amides is 1. The molecule has 1 heterocycles. The number of nitrogens with one attached hydrogen (secondary N) is 1. The lowest BCUT2D eigenvalue weighted by molar-refractivity contribution is -0.117. The van der Waals surface area contributed by atoms with Crippen molar-refractivity contribution in [3.05, 3.63) is 88.9 Å². The fourth-order valence-electron chi connectivity index (χ4n) is 4.08. The number of nitrogens with zero attached hydrogens (tertiary/aromatic N) is 2. The molecule has 0 bridgehead atoms. The molecular weight excluding hydrogens is 452 g/mol. The van der Waals surface area contributed by atoms with E-state index in [0.29, 0.717) is 16.3 Å². The third kappa shape index (κ3) is 4.89. The number of amides is 4. The van der Waals surface area contributed by atoms with Crippen molar-refractivity contribution in [2.75, 3.05) is 18.0 Å². The molecule has 4 rings (SSSR count). The minimum absolute atomic E-state index is 0.247. The molecule has 4 amide bonds. The first-order valence-electron chi connectivity index (χ1n) is 10.9. The molecule has 8 heteroatoms. The minimum atomic E-state index is -0.623. The van der Waals surface area contributed by atoms with Crippen LogP contribution in [0.25, 0.3) is 11.1 Å². The fraction of sp³-hybridized carbons (Fsp3) is 0.192. The van der Waals surface area contributed by atoms with Gasteiger partial charge in [0, 0.05) is 24.8 Å². The molecule has 174 valence electrons. The van der Waals surface area contributed by atoms with Crippen LogP contribution >= 0.6 is 11.6 Å². The zero-order valence-corrected chi connectivity index (χ0v) is 19.5. The van der Waals surface area contributed by atoms with Crippen molar-refractivity contribution >= 4 is 35.1 Å². The fourth-order valence-corrected chi connectivity index (χ4v) is 4.34. The predicted octanol–water partition coefficient (Wildman–Crippen LogP) is 4.05. The van der Waals surface area contributed by atoms with Gasteiger partial charge in [-0.2, -0.15) is 0 Å². The van der Waals surface area contributed by atoms with Gasteiger partial charge in [-0.15, -0.1) is 0 Å². The number of nitrogens with two attached hydrogens (primary N) is 1. The third-order valence-corrected chi connectivity index (χ3v) is 6.14. The first-order valence-corrected chi connectivity index (χ1v) is 11.3. The number of halogens is 1. The summed E-state index contributed by atoms with van der Waals surface area (Å²) in [5, 5.41) is 2.89. The molecule has 1 aliphatic rings. The van der Waals surface area contributed by atoms with Gasteiger partial charge in [-0.05, 0) is 41.8 Å². The highest BCUT2D eigenvalue weighted by molar-refractivity contribution is 6.35. The maximum absolute atomic E-state index is 13.7. The first kappa shape index (κ1) is 23.3. The van der Waals surface area contributed by atoms with Gasteiger partial charge in [0.05, 0.1) is 17.1 Å². The lowest BCUT2D eigenvalue weighted by atomic mass is 10.0. The normalized spacial score (nSPS) is 15.3. The molecule has 0 fully saturated rings. The number of urea groups is 1. The van der Waals surface area contributed by atoms with Crippen LogP contribution in [0.15, 0.2) is 72.8 Å². The van der Waals surface area contributed by atoms with Crippen LogP contribution in [0.2, 0.25) is 5.02 Å². The maximum atomic E-state index is 13.7. The summed E-state index contributed by atoms with van der Waals surface area (Å²) in [5.41, 5.74) is 9.00. The van der Waals surface area contributed by atoms with E-state index < -0.39 is 11.9 Å². The second-order valence-corrected chi connectivity index (χ2v) is 8.61. The number of fused-ring (bicyclic) bond motifs is 1. The highest BCUT2D eigenvalue weighted by Gasteiger charge is 2.32. The molecule has 1 aliphatic heterocycles. The highest BCUT2D eigenvalue weighted by atomic mass is 35.5. The molecule has 3 aromatic carbocycles. The number of carbonyl (C=O) groups excluding carboxylic acids is 3. The second-order valence-electron chi connectivity index (χ2n) is 8.21. The van der Waals surface area contributed by atoms with Crippen molar-refractivity contribution < 1.29 is 14.4 Å². The average Bonchev–Trinajstić information content (AvgIpc) is 2.99. The Hall–Kier alpha value is -3.84. The van der Waals surface area contributed by atoms with Gasteiger partial charge >= 0.3 is 6.03 Å².